The average molecular weight is 179 g/mol. The lowest BCUT2D eigenvalue weighted by Crippen LogP contribution is -3.00. The van der Waals surface area contributed by atoms with Gasteiger partial charge in [0.2, 0.25) is 0 Å². The number of hydrogen-bond acceptors (Lipinski definition) is 0. The van der Waals surface area contributed by atoms with E-state index in [1.807, 2.05) is 0 Å². The second-order valence-corrected chi connectivity index (χ2v) is 0. The quantitative estimate of drug-likeness (QED) is 0.341. The molecule has 8 heavy (non-hydrogen) atoms. The van der Waals surface area contributed by atoms with Crippen LogP contribution in [0.3, 0.4) is 0 Å². The Bertz CT molecular complexity index is 6.49. The summed E-state index contributed by atoms with van der Waals surface area (Å²) in [5, 5.41) is 0. The monoisotopic (exact) mass is 178 g/mol. The second-order valence-electron chi connectivity index (χ2n) is 0. The molecule has 6 nitrogen and oxygen atoms in total. The van der Waals surface area contributed by atoms with Gasteiger partial charge in [0.1, 0.15) is 0 Å². The fraction of sp³-hybridized carbons (Fsp3) is 0. The van der Waals surface area contributed by atoms with Gasteiger partial charge in [0.05, 0.1) is 0 Å². The van der Waals surface area contributed by atoms with Gasteiger partial charge in [-0.15, -0.1) is 0 Å². The van der Waals surface area contributed by atoms with E-state index < -0.39 is 0 Å². The summed E-state index contributed by atoms with van der Waals surface area (Å²) in [4.78, 5) is 0. The Morgan fingerprint density at radius 3 is 0.250 bits per heavy atom. The molecule has 8 heteroatoms. The molecular weight excluding hydrogens is 167 g/mol. The van der Waals surface area contributed by atoms with Crippen LogP contribution in [-0.2, 0) is 0 Å². The van der Waals surface area contributed by atoms with Gasteiger partial charge < -0.3 is 57.7 Å². The summed E-state index contributed by atoms with van der Waals surface area (Å²) in [6.45, 7) is 0. The van der Waals surface area contributed by atoms with E-state index in [0.29, 0.717) is 0 Å². The molecule has 0 fully saturated rings. The Morgan fingerprint density at radius 1 is 0.250 bits per heavy atom. The van der Waals surface area contributed by atoms with Crippen LogP contribution in [0.4, 0.5) is 0 Å². The summed E-state index contributed by atoms with van der Waals surface area (Å²) >= 11 is 0. The molecule has 0 aromatic heterocycles. The maximum absolute atomic E-state index is 0. The minimum Gasteiger partial charge on any atom is -1.00 e. The zero-order valence-electron chi connectivity index (χ0n) is 3.76. The Labute approximate surface area is 58.6 Å². The van der Waals surface area contributed by atoms with E-state index in [2.05, 4.69) is 0 Å². The topological polar surface area (TPSA) is 189 Å². The molecule has 0 atom stereocenters. The standard InChI is InChI=1S/2ClH.6H2O/h2*1H;6*1H2/p-2. The van der Waals surface area contributed by atoms with E-state index in [9.17, 15) is 0 Å². The molecule has 0 aromatic carbocycles. The molecule has 0 radical (unpaired) electrons. The van der Waals surface area contributed by atoms with Crippen LogP contribution < -0.4 is 24.8 Å². The van der Waals surface area contributed by atoms with Gasteiger partial charge >= 0.3 is 0 Å². The number of hydrogen-bond donors (Lipinski definition) is 0. The van der Waals surface area contributed by atoms with Crippen molar-refractivity contribution in [1.82, 2.24) is 0 Å². The molecule has 0 rings (SSSR count). The van der Waals surface area contributed by atoms with Crippen LogP contribution in [0.2, 0.25) is 0 Å². The normalized spacial score (nSPS) is 0. The van der Waals surface area contributed by atoms with Crippen molar-refractivity contribution in [3.63, 3.8) is 0 Å². The van der Waals surface area contributed by atoms with Crippen LogP contribution in [0.5, 0.6) is 0 Å². The fourth-order valence-electron chi connectivity index (χ4n) is 0. The molecule has 0 spiro atoms. The summed E-state index contributed by atoms with van der Waals surface area (Å²) in [5.41, 5.74) is 0. The molecule has 0 saturated heterocycles. The maximum atomic E-state index is 0. The molecule has 0 aliphatic rings. The van der Waals surface area contributed by atoms with E-state index in [1.54, 1.807) is 0 Å². The van der Waals surface area contributed by atoms with Crippen LogP contribution in [0.1, 0.15) is 0 Å². The highest BCUT2D eigenvalue weighted by atomic mass is 35.5. The molecule has 12 N–H and O–H groups in total. The van der Waals surface area contributed by atoms with E-state index in [0.717, 1.165) is 0 Å². The molecule has 0 aliphatic carbocycles. The predicted octanol–water partition coefficient (Wildman–Crippen LogP) is -10.9. The highest BCUT2D eigenvalue weighted by Gasteiger charge is -0.406. The Kier molecular flexibility index (Phi) is 1240000. The van der Waals surface area contributed by atoms with Crippen molar-refractivity contribution in [3.05, 3.63) is 0 Å². The second kappa shape index (κ2) is 2550. The van der Waals surface area contributed by atoms with Gasteiger partial charge in [-0.1, -0.05) is 0 Å². The highest BCUT2D eigenvalue weighted by molar-refractivity contribution is 0.829. The number of rotatable bonds is 0. The van der Waals surface area contributed by atoms with Gasteiger partial charge in [0.25, 0.3) is 0 Å². The van der Waals surface area contributed by atoms with Crippen LogP contribution in [0.15, 0.2) is 0 Å². The van der Waals surface area contributed by atoms with Crippen LogP contribution in [0.25, 0.3) is 0 Å². The maximum Gasteiger partial charge on any atom is -0.412 e. The predicted molar refractivity (Wildman–Crippen MR) is 21.7 cm³/mol. The summed E-state index contributed by atoms with van der Waals surface area (Å²) < 4.78 is 0. The largest absolute Gasteiger partial charge is 1.00 e. The molecule has 0 unspecified atom stereocenters. The van der Waals surface area contributed by atoms with Gasteiger partial charge in [-0.25, -0.2) is 0 Å². The number of halogens is 2. The third-order valence-corrected chi connectivity index (χ3v) is 0. The lowest BCUT2D eigenvalue weighted by Gasteiger charge is -1.00. The molecular formula is H12Cl2O6-2. The molecule has 0 amide bonds. The zero-order valence-corrected chi connectivity index (χ0v) is 5.27. The highest BCUT2D eigenvalue weighted by Crippen LogP contribution is -0.284. The summed E-state index contributed by atoms with van der Waals surface area (Å²) in [6.07, 6.45) is 0. The lowest BCUT2D eigenvalue weighted by molar-refractivity contribution is -0.00100. The van der Waals surface area contributed by atoms with Crippen molar-refractivity contribution < 1.29 is 57.7 Å². The van der Waals surface area contributed by atoms with Gasteiger partial charge in [-0.05, 0) is 0 Å². The zero-order chi connectivity index (χ0) is 0. The van der Waals surface area contributed by atoms with Crippen molar-refractivity contribution in [3.8, 4) is 0 Å². The van der Waals surface area contributed by atoms with Crippen molar-refractivity contribution in [2.45, 2.75) is 0 Å². The minimum absolute atomic E-state index is 0. The first kappa shape index (κ1) is 3890. The Balaban J connectivity index is 0. The minimum atomic E-state index is 0. The lowest BCUT2D eigenvalue weighted by atomic mass is 16.0. The van der Waals surface area contributed by atoms with E-state index in [4.69, 9.17) is 0 Å². The van der Waals surface area contributed by atoms with Crippen LogP contribution in [-0.4, -0.2) is 32.9 Å². The van der Waals surface area contributed by atoms with Gasteiger partial charge in [0, 0.05) is 0 Å². The summed E-state index contributed by atoms with van der Waals surface area (Å²) in [6, 6.07) is 0. The smallest absolute Gasteiger partial charge is 0.412 e. The van der Waals surface area contributed by atoms with Crippen molar-refractivity contribution >= 4 is 0 Å². The SMILES string of the molecule is O.O.O.O.O.O.[Cl-].[Cl-]. The molecule has 64 valence electrons. The van der Waals surface area contributed by atoms with Crippen LogP contribution >= 0.6 is 0 Å². The fourth-order valence-corrected chi connectivity index (χ4v) is 0. The first-order valence-electron chi connectivity index (χ1n) is 0. The molecule has 0 aromatic rings. The van der Waals surface area contributed by atoms with Crippen molar-refractivity contribution in [2.75, 3.05) is 0 Å². The first-order chi connectivity index (χ1) is 0. The van der Waals surface area contributed by atoms with Gasteiger partial charge in [-0.2, -0.15) is 0 Å². The molecule has 0 aliphatic heterocycles. The van der Waals surface area contributed by atoms with Gasteiger partial charge in [0.15, 0.2) is 0 Å². The van der Waals surface area contributed by atoms with Gasteiger partial charge in [-0.3, -0.25) is 0 Å². The Morgan fingerprint density at radius 2 is 0.250 bits per heavy atom. The van der Waals surface area contributed by atoms with E-state index in [-0.39, 0.29) is 57.7 Å². The van der Waals surface area contributed by atoms with Crippen molar-refractivity contribution in [1.29, 1.82) is 0 Å². The van der Waals surface area contributed by atoms with Crippen molar-refractivity contribution in [2.24, 2.45) is 0 Å². The summed E-state index contributed by atoms with van der Waals surface area (Å²) in [5.74, 6) is 0. The van der Waals surface area contributed by atoms with E-state index >= 15 is 0 Å². The molecule has 0 heterocycles. The first-order valence-corrected chi connectivity index (χ1v) is 0. The third kappa shape index (κ3) is 1560. The molecule has 0 bridgehead atoms. The third-order valence-electron chi connectivity index (χ3n) is 0. The van der Waals surface area contributed by atoms with E-state index in [1.165, 1.54) is 0 Å². The summed E-state index contributed by atoms with van der Waals surface area (Å²) in [7, 11) is 0. The van der Waals surface area contributed by atoms with Crippen LogP contribution in [0, 0.1) is 0 Å². The average Bonchev–Trinajstić information content (AvgIpc) is 0. The Hall–Kier alpha value is 0.340. The molecule has 0 saturated carbocycles.